The van der Waals surface area contributed by atoms with E-state index >= 15 is 0 Å². The van der Waals surface area contributed by atoms with E-state index < -0.39 is 11.7 Å². The number of rotatable bonds is 4. The maximum Gasteiger partial charge on any atom is 0.416 e. The second-order valence-electron chi connectivity index (χ2n) is 5.01. The second-order valence-corrected chi connectivity index (χ2v) is 5.01. The van der Waals surface area contributed by atoms with E-state index in [1.165, 1.54) is 12.1 Å². The van der Waals surface area contributed by atoms with Crippen molar-refractivity contribution in [2.24, 2.45) is 0 Å². The number of aryl methyl sites for hydroxylation is 1. The standard InChI is InChI=1S/C16H14F3N5/c1-2-24-14(11-6-8-20-9-7-11)22-15(23-24)21-13-5-3-4-12(10-13)16(17,18)19/h3-10H,2H2,1H3,(H,21,23). The molecule has 0 aliphatic heterocycles. The number of nitrogens with one attached hydrogen (secondary N) is 1. The summed E-state index contributed by atoms with van der Waals surface area (Å²) in [7, 11) is 0. The number of aromatic nitrogens is 4. The van der Waals surface area contributed by atoms with E-state index in [1.807, 2.05) is 6.92 Å². The van der Waals surface area contributed by atoms with Crippen molar-refractivity contribution in [3.8, 4) is 11.4 Å². The van der Waals surface area contributed by atoms with Gasteiger partial charge in [0.1, 0.15) is 0 Å². The monoisotopic (exact) mass is 333 g/mol. The molecule has 1 N–H and O–H groups in total. The fourth-order valence-electron chi connectivity index (χ4n) is 2.23. The van der Waals surface area contributed by atoms with Gasteiger partial charge in [-0.25, -0.2) is 4.68 Å². The highest BCUT2D eigenvalue weighted by Crippen LogP contribution is 2.31. The molecule has 0 amide bonds. The molecular weight excluding hydrogens is 319 g/mol. The molecule has 0 aliphatic carbocycles. The third-order valence-corrected chi connectivity index (χ3v) is 3.36. The van der Waals surface area contributed by atoms with Gasteiger partial charge in [-0.05, 0) is 37.3 Å². The first kappa shape index (κ1) is 16.0. The van der Waals surface area contributed by atoms with Crippen LogP contribution in [-0.2, 0) is 12.7 Å². The van der Waals surface area contributed by atoms with Crippen molar-refractivity contribution in [2.45, 2.75) is 19.6 Å². The lowest BCUT2D eigenvalue weighted by atomic mass is 10.2. The van der Waals surface area contributed by atoms with Crippen LogP contribution in [0.2, 0.25) is 0 Å². The minimum atomic E-state index is -4.39. The third-order valence-electron chi connectivity index (χ3n) is 3.36. The fraction of sp³-hybridized carbons (Fsp3) is 0.188. The maximum absolute atomic E-state index is 12.8. The number of benzene rings is 1. The molecule has 5 nitrogen and oxygen atoms in total. The first-order valence-corrected chi connectivity index (χ1v) is 7.27. The zero-order valence-corrected chi connectivity index (χ0v) is 12.7. The number of anilines is 2. The van der Waals surface area contributed by atoms with Crippen molar-refractivity contribution in [1.82, 2.24) is 19.7 Å². The van der Waals surface area contributed by atoms with Crippen LogP contribution in [0.25, 0.3) is 11.4 Å². The molecule has 0 aliphatic rings. The van der Waals surface area contributed by atoms with Gasteiger partial charge in [0, 0.05) is 30.2 Å². The molecule has 0 atom stereocenters. The molecule has 124 valence electrons. The van der Waals surface area contributed by atoms with Crippen molar-refractivity contribution in [3.05, 3.63) is 54.4 Å². The Morgan fingerprint density at radius 3 is 2.54 bits per heavy atom. The van der Waals surface area contributed by atoms with Crippen LogP contribution in [0.4, 0.5) is 24.8 Å². The minimum Gasteiger partial charge on any atom is -0.323 e. The Morgan fingerprint density at radius 1 is 1.12 bits per heavy atom. The van der Waals surface area contributed by atoms with Gasteiger partial charge in [0.25, 0.3) is 0 Å². The Balaban J connectivity index is 1.90. The summed E-state index contributed by atoms with van der Waals surface area (Å²) in [6.07, 6.45) is -1.11. The SMILES string of the molecule is CCn1nc(Nc2cccc(C(F)(F)F)c2)nc1-c1ccncc1. The predicted octanol–water partition coefficient (Wildman–Crippen LogP) is 4.12. The molecule has 0 saturated carbocycles. The molecule has 3 aromatic rings. The summed E-state index contributed by atoms with van der Waals surface area (Å²) in [6.45, 7) is 2.49. The van der Waals surface area contributed by atoms with Crippen molar-refractivity contribution < 1.29 is 13.2 Å². The normalized spacial score (nSPS) is 11.5. The van der Waals surface area contributed by atoms with Crippen LogP contribution >= 0.6 is 0 Å². The Labute approximate surface area is 136 Å². The van der Waals surface area contributed by atoms with E-state index in [2.05, 4.69) is 20.4 Å². The molecule has 0 spiro atoms. The zero-order chi connectivity index (χ0) is 17.2. The highest BCUT2D eigenvalue weighted by molar-refractivity contribution is 5.60. The molecular formula is C16H14F3N5. The van der Waals surface area contributed by atoms with Gasteiger partial charge in [-0.3, -0.25) is 4.98 Å². The zero-order valence-electron chi connectivity index (χ0n) is 12.7. The van der Waals surface area contributed by atoms with Crippen molar-refractivity contribution in [1.29, 1.82) is 0 Å². The molecule has 8 heteroatoms. The number of alkyl halides is 3. The van der Waals surface area contributed by atoms with E-state index in [4.69, 9.17) is 0 Å². The van der Waals surface area contributed by atoms with E-state index in [0.717, 1.165) is 17.7 Å². The number of hydrogen-bond acceptors (Lipinski definition) is 4. The largest absolute Gasteiger partial charge is 0.416 e. The summed E-state index contributed by atoms with van der Waals surface area (Å²) in [5.41, 5.74) is 0.382. The summed E-state index contributed by atoms with van der Waals surface area (Å²) < 4.78 is 40.0. The van der Waals surface area contributed by atoms with Crippen LogP contribution in [0.1, 0.15) is 12.5 Å². The Bertz CT molecular complexity index is 827. The third kappa shape index (κ3) is 3.37. The topological polar surface area (TPSA) is 55.6 Å². The van der Waals surface area contributed by atoms with Gasteiger partial charge in [0.2, 0.25) is 5.95 Å². The van der Waals surface area contributed by atoms with Gasteiger partial charge in [-0.15, -0.1) is 5.10 Å². The van der Waals surface area contributed by atoms with Crippen LogP contribution < -0.4 is 5.32 Å². The summed E-state index contributed by atoms with van der Waals surface area (Å²) in [4.78, 5) is 8.32. The highest BCUT2D eigenvalue weighted by Gasteiger charge is 2.30. The number of halogens is 3. The highest BCUT2D eigenvalue weighted by atomic mass is 19.4. The summed E-state index contributed by atoms with van der Waals surface area (Å²) >= 11 is 0. The first-order valence-electron chi connectivity index (χ1n) is 7.27. The lowest BCUT2D eigenvalue weighted by Gasteiger charge is -2.08. The van der Waals surface area contributed by atoms with E-state index in [0.29, 0.717) is 12.4 Å². The van der Waals surface area contributed by atoms with Crippen LogP contribution in [0.3, 0.4) is 0 Å². The van der Waals surface area contributed by atoms with Crippen LogP contribution in [0, 0.1) is 0 Å². The van der Waals surface area contributed by atoms with Gasteiger partial charge in [-0.2, -0.15) is 18.2 Å². The lowest BCUT2D eigenvalue weighted by molar-refractivity contribution is -0.137. The molecule has 0 radical (unpaired) electrons. The smallest absolute Gasteiger partial charge is 0.323 e. The van der Waals surface area contributed by atoms with E-state index in [1.54, 1.807) is 29.2 Å². The summed E-state index contributed by atoms with van der Waals surface area (Å²) in [5.74, 6) is 0.859. The number of pyridine rings is 1. The summed E-state index contributed by atoms with van der Waals surface area (Å²) in [5, 5.41) is 7.11. The van der Waals surface area contributed by atoms with E-state index in [-0.39, 0.29) is 11.6 Å². The molecule has 2 aromatic heterocycles. The van der Waals surface area contributed by atoms with Gasteiger partial charge in [0.15, 0.2) is 5.82 Å². The average Bonchev–Trinajstić information content (AvgIpc) is 2.98. The Hall–Kier alpha value is -2.90. The molecule has 0 unspecified atom stereocenters. The minimum absolute atomic E-state index is 0.239. The van der Waals surface area contributed by atoms with Crippen molar-refractivity contribution in [2.75, 3.05) is 5.32 Å². The number of hydrogen-bond donors (Lipinski definition) is 1. The quantitative estimate of drug-likeness (QED) is 0.780. The molecule has 0 bridgehead atoms. The van der Waals surface area contributed by atoms with Gasteiger partial charge >= 0.3 is 6.18 Å². The molecule has 3 rings (SSSR count). The van der Waals surface area contributed by atoms with Crippen LogP contribution in [-0.4, -0.2) is 19.7 Å². The molecule has 1 aromatic carbocycles. The number of nitrogens with zero attached hydrogens (tertiary/aromatic N) is 4. The van der Waals surface area contributed by atoms with Crippen LogP contribution in [0.15, 0.2) is 48.8 Å². The first-order chi connectivity index (χ1) is 11.5. The summed E-state index contributed by atoms with van der Waals surface area (Å²) in [6, 6.07) is 8.51. The fourth-order valence-corrected chi connectivity index (χ4v) is 2.23. The second kappa shape index (κ2) is 6.31. The lowest BCUT2D eigenvalue weighted by Crippen LogP contribution is -2.05. The van der Waals surface area contributed by atoms with Gasteiger partial charge in [-0.1, -0.05) is 6.07 Å². The maximum atomic E-state index is 12.8. The Kier molecular flexibility index (Phi) is 4.20. The Morgan fingerprint density at radius 2 is 1.88 bits per heavy atom. The van der Waals surface area contributed by atoms with Gasteiger partial charge in [0.05, 0.1) is 5.56 Å². The molecule has 0 saturated heterocycles. The van der Waals surface area contributed by atoms with Gasteiger partial charge < -0.3 is 5.32 Å². The average molecular weight is 333 g/mol. The van der Waals surface area contributed by atoms with E-state index in [9.17, 15) is 13.2 Å². The predicted molar refractivity (Wildman–Crippen MR) is 83.7 cm³/mol. The molecule has 2 heterocycles. The molecule has 24 heavy (non-hydrogen) atoms. The van der Waals surface area contributed by atoms with Crippen molar-refractivity contribution >= 4 is 11.6 Å². The van der Waals surface area contributed by atoms with Crippen molar-refractivity contribution in [3.63, 3.8) is 0 Å². The molecule has 0 fully saturated rings. The van der Waals surface area contributed by atoms with Crippen LogP contribution in [0.5, 0.6) is 0 Å².